The van der Waals surface area contributed by atoms with Crippen LogP contribution in [0.15, 0.2) is 42.5 Å². The monoisotopic (exact) mass is 288 g/mol. The van der Waals surface area contributed by atoms with Crippen molar-refractivity contribution in [2.75, 3.05) is 14.2 Å². The zero-order valence-electron chi connectivity index (χ0n) is 13.1. The molecule has 0 aliphatic rings. The Labute approximate surface area is 127 Å². The molecule has 0 aromatic heterocycles. The van der Waals surface area contributed by atoms with Crippen molar-refractivity contribution in [3.05, 3.63) is 48.1 Å². The minimum atomic E-state index is -0.223. The van der Waals surface area contributed by atoms with E-state index in [0.717, 1.165) is 25.0 Å². The third-order valence-electron chi connectivity index (χ3n) is 3.21. The van der Waals surface area contributed by atoms with Gasteiger partial charge in [-0.2, -0.15) is 0 Å². The molecule has 0 unspecified atom stereocenters. The molecule has 0 spiro atoms. The predicted octanol–water partition coefficient (Wildman–Crippen LogP) is 4.39. The van der Waals surface area contributed by atoms with Gasteiger partial charge in [-0.25, -0.2) is 0 Å². The lowest BCUT2D eigenvalue weighted by Crippen LogP contribution is -1.96. The summed E-state index contributed by atoms with van der Waals surface area (Å²) in [7, 11) is 3.06. The van der Waals surface area contributed by atoms with E-state index in [2.05, 4.69) is 29.9 Å². The molecule has 0 fully saturated rings. The van der Waals surface area contributed by atoms with Crippen LogP contribution in [0.2, 0.25) is 0 Å². The van der Waals surface area contributed by atoms with Gasteiger partial charge in [0.1, 0.15) is 5.75 Å². The molecule has 0 saturated carbocycles. The number of rotatable bonds is 8. The first-order valence-electron chi connectivity index (χ1n) is 7.28. The van der Waals surface area contributed by atoms with Gasteiger partial charge in [0.15, 0.2) is 0 Å². The SMILES string of the molecule is CCCC/C(=C\C=C\CC(=O)OC)c1ccc(OC)cc1. The van der Waals surface area contributed by atoms with Gasteiger partial charge in [-0.1, -0.05) is 43.7 Å². The highest BCUT2D eigenvalue weighted by molar-refractivity contribution is 5.71. The van der Waals surface area contributed by atoms with Gasteiger partial charge in [0.05, 0.1) is 20.6 Å². The van der Waals surface area contributed by atoms with Crippen molar-refractivity contribution in [3.63, 3.8) is 0 Å². The largest absolute Gasteiger partial charge is 0.497 e. The molecule has 1 rings (SSSR count). The summed E-state index contributed by atoms with van der Waals surface area (Å²) in [6, 6.07) is 8.06. The summed E-state index contributed by atoms with van der Waals surface area (Å²) in [5.74, 6) is 0.633. The number of unbranched alkanes of at least 4 members (excludes halogenated alkanes) is 1. The van der Waals surface area contributed by atoms with Crippen LogP contribution in [0.3, 0.4) is 0 Å². The second-order valence-electron chi connectivity index (χ2n) is 4.73. The molecule has 0 bridgehead atoms. The normalized spacial score (nSPS) is 11.7. The maximum absolute atomic E-state index is 11.1. The third kappa shape index (κ3) is 6.30. The molecule has 0 atom stereocenters. The summed E-state index contributed by atoms with van der Waals surface area (Å²) < 4.78 is 9.79. The lowest BCUT2D eigenvalue weighted by molar-refractivity contribution is -0.139. The molecule has 0 heterocycles. The van der Waals surface area contributed by atoms with E-state index in [1.54, 1.807) is 7.11 Å². The number of esters is 1. The first-order chi connectivity index (χ1) is 10.2. The van der Waals surface area contributed by atoms with Crippen LogP contribution in [0.1, 0.15) is 38.2 Å². The van der Waals surface area contributed by atoms with Crippen molar-refractivity contribution >= 4 is 11.5 Å². The topological polar surface area (TPSA) is 35.5 Å². The molecule has 114 valence electrons. The van der Waals surface area contributed by atoms with E-state index in [4.69, 9.17) is 4.74 Å². The molecule has 0 amide bonds. The van der Waals surface area contributed by atoms with Crippen molar-refractivity contribution in [2.24, 2.45) is 0 Å². The van der Waals surface area contributed by atoms with Crippen LogP contribution < -0.4 is 4.74 Å². The Morgan fingerprint density at radius 2 is 1.90 bits per heavy atom. The molecule has 21 heavy (non-hydrogen) atoms. The summed E-state index contributed by atoms with van der Waals surface area (Å²) in [6.07, 6.45) is 9.43. The molecule has 1 aromatic rings. The van der Waals surface area contributed by atoms with Crippen molar-refractivity contribution in [2.45, 2.75) is 32.6 Å². The quantitative estimate of drug-likeness (QED) is 0.526. The second kappa shape index (κ2) is 9.81. The van der Waals surface area contributed by atoms with Gasteiger partial charge in [0.2, 0.25) is 0 Å². The summed E-state index contributed by atoms with van der Waals surface area (Å²) in [4.78, 5) is 11.1. The van der Waals surface area contributed by atoms with E-state index in [9.17, 15) is 4.79 Å². The predicted molar refractivity (Wildman–Crippen MR) is 86.3 cm³/mol. The molecule has 0 saturated heterocycles. The molecule has 1 aromatic carbocycles. The zero-order valence-corrected chi connectivity index (χ0v) is 13.1. The average Bonchev–Trinajstić information content (AvgIpc) is 2.54. The second-order valence-corrected chi connectivity index (χ2v) is 4.73. The summed E-state index contributed by atoms with van der Waals surface area (Å²) in [5.41, 5.74) is 2.45. The molecule has 3 heteroatoms. The van der Waals surface area contributed by atoms with E-state index in [-0.39, 0.29) is 5.97 Å². The summed E-state index contributed by atoms with van der Waals surface area (Å²) >= 11 is 0. The zero-order chi connectivity index (χ0) is 15.5. The Hall–Kier alpha value is -2.03. The lowest BCUT2D eigenvalue weighted by Gasteiger charge is -2.08. The molecule has 3 nitrogen and oxygen atoms in total. The fourth-order valence-corrected chi connectivity index (χ4v) is 1.93. The van der Waals surface area contributed by atoms with Gasteiger partial charge in [-0.3, -0.25) is 4.79 Å². The van der Waals surface area contributed by atoms with Gasteiger partial charge in [0.25, 0.3) is 0 Å². The number of hydrogen-bond acceptors (Lipinski definition) is 3. The van der Waals surface area contributed by atoms with Crippen LogP contribution in [-0.2, 0) is 9.53 Å². The maximum atomic E-state index is 11.1. The Morgan fingerprint density at radius 1 is 1.19 bits per heavy atom. The molecule has 0 N–H and O–H groups in total. The van der Waals surface area contributed by atoms with Crippen LogP contribution in [0.25, 0.3) is 5.57 Å². The fourth-order valence-electron chi connectivity index (χ4n) is 1.93. The number of carbonyl (C=O) groups is 1. The van der Waals surface area contributed by atoms with Gasteiger partial charge < -0.3 is 9.47 Å². The average molecular weight is 288 g/mol. The standard InChI is InChI=1S/C18H24O3/c1-4-5-8-15(9-6-7-10-18(19)21-3)16-11-13-17(20-2)14-12-16/h6-7,9,11-14H,4-5,8,10H2,1-3H3/b7-6+,15-9+. The number of methoxy groups -OCH3 is 2. The van der Waals surface area contributed by atoms with Gasteiger partial charge in [-0.05, 0) is 36.1 Å². The van der Waals surface area contributed by atoms with E-state index in [1.165, 1.54) is 18.2 Å². The van der Waals surface area contributed by atoms with Crippen LogP contribution >= 0.6 is 0 Å². The van der Waals surface area contributed by atoms with E-state index < -0.39 is 0 Å². The van der Waals surface area contributed by atoms with Gasteiger partial charge in [-0.15, -0.1) is 0 Å². The smallest absolute Gasteiger partial charge is 0.309 e. The number of benzene rings is 1. The first-order valence-corrected chi connectivity index (χ1v) is 7.28. The van der Waals surface area contributed by atoms with Crippen molar-refractivity contribution < 1.29 is 14.3 Å². The van der Waals surface area contributed by atoms with E-state index in [1.807, 2.05) is 24.3 Å². The fraction of sp³-hybridized carbons (Fsp3) is 0.389. The number of carbonyl (C=O) groups excluding carboxylic acids is 1. The molecule has 0 aliphatic carbocycles. The Balaban J connectivity index is 2.80. The molecular weight excluding hydrogens is 264 g/mol. The Bertz CT molecular complexity index is 484. The molecule has 0 radical (unpaired) electrons. The van der Waals surface area contributed by atoms with Crippen LogP contribution in [0.5, 0.6) is 5.75 Å². The minimum Gasteiger partial charge on any atom is -0.497 e. The highest BCUT2D eigenvalue weighted by Crippen LogP contribution is 2.23. The molecule has 0 aliphatic heterocycles. The van der Waals surface area contributed by atoms with Crippen molar-refractivity contribution in [3.8, 4) is 5.75 Å². The Morgan fingerprint density at radius 3 is 2.48 bits per heavy atom. The molecular formula is C18H24O3. The van der Waals surface area contributed by atoms with E-state index >= 15 is 0 Å². The van der Waals surface area contributed by atoms with Gasteiger partial charge >= 0.3 is 5.97 Å². The number of ether oxygens (including phenoxy) is 2. The highest BCUT2D eigenvalue weighted by Gasteiger charge is 2.01. The summed E-state index contributed by atoms with van der Waals surface area (Å²) in [6.45, 7) is 2.18. The van der Waals surface area contributed by atoms with E-state index in [0.29, 0.717) is 6.42 Å². The first kappa shape index (κ1) is 17.0. The number of allylic oxidation sites excluding steroid dienone is 3. The maximum Gasteiger partial charge on any atom is 0.309 e. The number of hydrogen-bond donors (Lipinski definition) is 0. The lowest BCUT2D eigenvalue weighted by atomic mass is 9.99. The van der Waals surface area contributed by atoms with Gasteiger partial charge in [0, 0.05) is 0 Å². The third-order valence-corrected chi connectivity index (χ3v) is 3.21. The summed E-state index contributed by atoms with van der Waals surface area (Å²) in [5, 5.41) is 0. The van der Waals surface area contributed by atoms with Crippen LogP contribution in [0.4, 0.5) is 0 Å². The van der Waals surface area contributed by atoms with Crippen LogP contribution in [0, 0.1) is 0 Å². The Kier molecular flexibility index (Phi) is 7.95. The highest BCUT2D eigenvalue weighted by atomic mass is 16.5. The van der Waals surface area contributed by atoms with Crippen molar-refractivity contribution in [1.82, 2.24) is 0 Å². The van der Waals surface area contributed by atoms with Crippen LogP contribution in [-0.4, -0.2) is 20.2 Å². The minimum absolute atomic E-state index is 0.223. The van der Waals surface area contributed by atoms with Crippen molar-refractivity contribution in [1.29, 1.82) is 0 Å².